The Morgan fingerprint density at radius 2 is 1.76 bits per heavy atom. The van der Waals surface area contributed by atoms with Crippen LogP contribution >= 0.6 is 47.2 Å². The minimum Gasteiger partial charge on any atom is -0.355 e. The zero-order valence-electron chi connectivity index (χ0n) is 17.5. The average molecular weight is 554 g/mol. The van der Waals surface area contributed by atoms with E-state index in [2.05, 4.69) is 32.5 Å². The summed E-state index contributed by atoms with van der Waals surface area (Å²) in [4.78, 5) is 9.60. The molecule has 2 saturated heterocycles. The molecule has 0 radical (unpaired) electrons. The van der Waals surface area contributed by atoms with Crippen LogP contribution in [0.1, 0.15) is 37.7 Å². The largest absolute Gasteiger partial charge is 0.355 e. The quantitative estimate of drug-likeness (QED) is 0.325. The molecule has 0 spiro atoms. The first kappa shape index (κ1) is 25.0. The Bertz CT molecular complexity index is 671. The number of nitrogens with one attached hydrogen (secondary N) is 2. The van der Waals surface area contributed by atoms with Crippen LogP contribution in [-0.2, 0) is 6.54 Å². The van der Waals surface area contributed by atoms with Gasteiger partial charge in [-0.2, -0.15) is 0 Å². The van der Waals surface area contributed by atoms with Crippen LogP contribution in [0.5, 0.6) is 0 Å². The van der Waals surface area contributed by atoms with Crippen LogP contribution in [0.25, 0.3) is 0 Å². The fourth-order valence-corrected chi connectivity index (χ4v) is 4.80. The normalized spacial score (nSPS) is 20.8. The monoisotopic (exact) mass is 553 g/mol. The molecule has 164 valence electrons. The second-order valence-corrected chi connectivity index (χ2v) is 8.93. The van der Waals surface area contributed by atoms with Crippen molar-refractivity contribution in [1.82, 2.24) is 20.4 Å². The summed E-state index contributed by atoms with van der Waals surface area (Å²) in [6.07, 6.45) is 6.41. The van der Waals surface area contributed by atoms with Crippen LogP contribution in [-0.4, -0.2) is 68.1 Å². The molecule has 2 aliphatic rings. The lowest BCUT2D eigenvalue weighted by atomic mass is 9.84. The van der Waals surface area contributed by atoms with Crippen LogP contribution in [0, 0.1) is 0 Å². The van der Waals surface area contributed by atoms with Gasteiger partial charge >= 0.3 is 0 Å². The van der Waals surface area contributed by atoms with Gasteiger partial charge in [0.15, 0.2) is 5.96 Å². The summed E-state index contributed by atoms with van der Waals surface area (Å²) < 4.78 is 0. The van der Waals surface area contributed by atoms with E-state index in [1.54, 1.807) is 6.07 Å². The fourth-order valence-electron chi connectivity index (χ4n) is 4.32. The van der Waals surface area contributed by atoms with Crippen LogP contribution in [0.3, 0.4) is 0 Å². The number of hydrogen-bond acceptors (Lipinski definition) is 3. The molecule has 0 atom stereocenters. The predicted octanol–water partition coefficient (Wildman–Crippen LogP) is 4.23. The fraction of sp³-hybridized carbons (Fsp3) is 0.667. The zero-order chi connectivity index (χ0) is 20.0. The number of halogens is 3. The van der Waals surface area contributed by atoms with Crippen molar-refractivity contribution in [2.45, 2.75) is 44.2 Å². The molecule has 2 fully saturated rings. The third kappa shape index (κ3) is 6.86. The van der Waals surface area contributed by atoms with Crippen LogP contribution in [0.15, 0.2) is 23.2 Å². The molecule has 3 rings (SSSR count). The summed E-state index contributed by atoms with van der Waals surface area (Å²) in [7, 11) is 4.05. The van der Waals surface area contributed by atoms with E-state index in [-0.39, 0.29) is 29.5 Å². The van der Waals surface area contributed by atoms with E-state index in [1.165, 1.54) is 45.2 Å². The van der Waals surface area contributed by atoms with Crippen molar-refractivity contribution in [3.8, 4) is 0 Å². The summed E-state index contributed by atoms with van der Waals surface area (Å²) in [5.41, 5.74) is 1.24. The van der Waals surface area contributed by atoms with Gasteiger partial charge in [0.25, 0.3) is 0 Å². The Balaban J connectivity index is 0.00000300. The molecule has 1 aromatic carbocycles. The number of guanidine groups is 1. The highest BCUT2D eigenvalue weighted by Crippen LogP contribution is 2.30. The van der Waals surface area contributed by atoms with E-state index < -0.39 is 0 Å². The number of piperidine rings is 2. The first-order chi connectivity index (χ1) is 13.5. The number of likely N-dealkylation sites (tertiary alicyclic amines) is 2. The van der Waals surface area contributed by atoms with Crippen molar-refractivity contribution in [3.05, 3.63) is 33.8 Å². The minimum atomic E-state index is 0. The molecule has 0 amide bonds. The number of hydrogen-bond donors (Lipinski definition) is 2. The predicted molar refractivity (Wildman–Crippen MR) is 135 cm³/mol. The molecular formula is C21H34Cl2IN5. The van der Waals surface area contributed by atoms with Gasteiger partial charge in [0.1, 0.15) is 0 Å². The SMILES string of the molecule is CN=C(NCc1ccc(Cl)cc1Cl)NCC1(N2CCCCC2)CCN(C)CC1.I. The maximum Gasteiger partial charge on any atom is 0.191 e. The van der Waals surface area contributed by atoms with Gasteiger partial charge in [-0.05, 0) is 76.6 Å². The van der Waals surface area contributed by atoms with Gasteiger partial charge in [-0.1, -0.05) is 35.7 Å². The van der Waals surface area contributed by atoms with E-state index in [0.717, 1.165) is 31.2 Å². The molecular weight excluding hydrogens is 520 g/mol. The smallest absolute Gasteiger partial charge is 0.191 e. The van der Waals surface area contributed by atoms with E-state index in [9.17, 15) is 0 Å². The summed E-state index contributed by atoms with van der Waals surface area (Å²) in [5.74, 6) is 0.821. The molecule has 0 aromatic heterocycles. The van der Waals surface area contributed by atoms with E-state index in [1.807, 2.05) is 19.2 Å². The van der Waals surface area contributed by atoms with E-state index >= 15 is 0 Å². The molecule has 0 unspecified atom stereocenters. The Morgan fingerprint density at radius 3 is 2.38 bits per heavy atom. The molecule has 0 saturated carbocycles. The van der Waals surface area contributed by atoms with Gasteiger partial charge in [-0.15, -0.1) is 24.0 Å². The topological polar surface area (TPSA) is 42.9 Å². The number of aliphatic imine (C=N–C) groups is 1. The molecule has 5 nitrogen and oxygen atoms in total. The summed E-state index contributed by atoms with van der Waals surface area (Å²) in [5, 5.41) is 8.33. The molecule has 0 aliphatic carbocycles. The highest BCUT2D eigenvalue weighted by molar-refractivity contribution is 14.0. The Morgan fingerprint density at radius 1 is 1.07 bits per heavy atom. The van der Waals surface area contributed by atoms with Crippen molar-refractivity contribution in [2.24, 2.45) is 4.99 Å². The summed E-state index contributed by atoms with van der Waals surface area (Å²) in [6, 6.07) is 5.60. The van der Waals surface area contributed by atoms with Crippen molar-refractivity contribution in [1.29, 1.82) is 0 Å². The number of rotatable bonds is 5. The third-order valence-electron chi connectivity index (χ3n) is 6.21. The lowest BCUT2D eigenvalue weighted by molar-refractivity contribution is 0.0173. The Kier molecular flexibility index (Phi) is 10.3. The van der Waals surface area contributed by atoms with Gasteiger partial charge in [0.05, 0.1) is 0 Å². The van der Waals surface area contributed by atoms with E-state index in [0.29, 0.717) is 16.6 Å². The molecule has 0 bridgehead atoms. The molecule has 29 heavy (non-hydrogen) atoms. The van der Waals surface area contributed by atoms with E-state index in [4.69, 9.17) is 23.2 Å². The van der Waals surface area contributed by atoms with Gasteiger partial charge in [0.2, 0.25) is 0 Å². The highest BCUT2D eigenvalue weighted by Gasteiger charge is 2.39. The highest BCUT2D eigenvalue weighted by atomic mass is 127. The standard InChI is InChI=1S/C21H33Cl2N5.HI/c1-24-20(25-15-17-6-7-18(22)14-19(17)23)26-16-21(8-12-27(2)13-9-21)28-10-4-3-5-11-28;/h6-7,14H,3-5,8-13,15-16H2,1-2H3,(H2,24,25,26);1H. The van der Waals surface area contributed by atoms with Crippen LogP contribution < -0.4 is 10.6 Å². The molecule has 1 aromatic rings. The summed E-state index contributed by atoms with van der Waals surface area (Å²) >= 11 is 12.3. The minimum absolute atomic E-state index is 0. The third-order valence-corrected chi connectivity index (χ3v) is 6.80. The molecule has 2 aliphatic heterocycles. The second kappa shape index (κ2) is 11.9. The van der Waals surface area contributed by atoms with Gasteiger partial charge in [-0.3, -0.25) is 9.89 Å². The van der Waals surface area contributed by atoms with Crippen molar-refractivity contribution >= 4 is 53.1 Å². The first-order valence-corrected chi connectivity index (χ1v) is 11.1. The molecule has 2 N–H and O–H groups in total. The van der Waals surface area contributed by atoms with Gasteiger partial charge in [0, 0.05) is 35.7 Å². The lowest BCUT2D eigenvalue weighted by Crippen LogP contribution is -2.62. The number of benzene rings is 1. The van der Waals surface area contributed by atoms with Gasteiger partial charge < -0.3 is 15.5 Å². The van der Waals surface area contributed by atoms with Crippen LogP contribution in [0.4, 0.5) is 0 Å². The molecule has 8 heteroatoms. The zero-order valence-corrected chi connectivity index (χ0v) is 21.4. The van der Waals surface area contributed by atoms with Crippen LogP contribution in [0.2, 0.25) is 10.0 Å². The maximum absolute atomic E-state index is 6.30. The lowest BCUT2D eigenvalue weighted by Gasteiger charge is -2.50. The average Bonchev–Trinajstić information content (AvgIpc) is 2.71. The van der Waals surface area contributed by atoms with Crippen molar-refractivity contribution in [3.63, 3.8) is 0 Å². The number of nitrogens with zero attached hydrogens (tertiary/aromatic N) is 3. The Labute approximate surface area is 202 Å². The maximum atomic E-state index is 6.30. The Hall–Kier alpha value is -0.280. The van der Waals surface area contributed by atoms with Gasteiger partial charge in [-0.25, -0.2) is 0 Å². The summed E-state index contributed by atoms with van der Waals surface area (Å²) in [6.45, 7) is 6.30. The first-order valence-electron chi connectivity index (χ1n) is 10.3. The van der Waals surface area contributed by atoms with Crippen molar-refractivity contribution in [2.75, 3.05) is 46.8 Å². The van der Waals surface area contributed by atoms with Crippen molar-refractivity contribution < 1.29 is 0 Å². The molecule has 2 heterocycles. The second-order valence-electron chi connectivity index (χ2n) is 8.09.